The van der Waals surface area contributed by atoms with Gasteiger partial charge in [-0.25, -0.2) is 14.4 Å². The molecule has 0 spiro atoms. The summed E-state index contributed by atoms with van der Waals surface area (Å²) in [4.78, 5) is 8.29. The topological polar surface area (TPSA) is 73.1 Å². The Bertz CT molecular complexity index is 1060. The van der Waals surface area contributed by atoms with E-state index in [1.165, 1.54) is 18.5 Å². The summed E-state index contributed by atoms with van der Waals surface area (Å²) in [5.41, 5.74) is 8.39. The lowest BCUT2D eigenvalue weighted by Gasteiger charge is -2.12. The molecule has 3 N–H and O–H groups in total. The number of hydrogen-bond donors (Lipinski definition) is 2. The molecule has 0 saturated carbocycles. The van der Waals surface area contributed by atoms with E-state index in [4.69, 9.17) is 22.1 Å². The van der Waals surface area contributed by atoms with Crippen molar-refractivity contribution in [1.82, 2.24) is 9.97 Å². The molecule has 0 aliphatic carbocycles. The summed E-state index contributed by atoms with van der Waals surface area (Å²) < 4.78 is 18.9. The molecule has 0 amide bonds. The van der Waals surface area contributed by atoms with E-state index in [0.717, 1.165) is 12.8 Å². The van der Waals surface area contributed by atoms with Crippen molar-refractivity contribution in [3.63, 3.8) is 0 Å². The van der Waals surface area contributed by atoms with Gasteiger partial charge in [0.1, 0.15) is 35.9 Å². The van der Waals surface area contributed by atoms with Crippen molar-refractivity contribution >= 4 is 28.8 Å². The van der Waals surface area contributed by atoms with Crippen LogP contribution >= 0.6 is 11.6 Å². The first kappa shape index (κ1) is 20.4. The fourth-order valence-electron chi connectivity index (χ4n) is 2.49. The lowest BCUT2D eigenvalue weighted by atomic mass is 10.2. The molecule has 0 fully saturated rings. The molecule has 7 heteroatoms. The van der Waals surface area contributed by atoms with Crippen LogP contribution in [0.25, 0.3) is 0 Å². The fraction of sp³-hybridized carbons (Fsp3) is 0.182. The minimum absolute atomic E-state index is 0.211. The van der Waals surface area contributed by atoms with Crippen LogP contribution in [0.2, 0.25) is 5.02 Å². The first-order valence-corrected chi connectivity index (χ1v) is 9.47. The highest BCUT2D eigenvalue weighted by Crippen LogP contribution is 2.30. The van der Waals surface area contributed by atoms with Gasteiger partial charge in [-0.2, -0.15) is 0 Å². The smallest absolute Gasteiger partial charge is 0.158 e. The number of anilines is 3. The first-order valence-electron chi connectivity index (χ1n) is 9.10. The van der Waals surface area contributed by atoms with E-state index in [-0.39, 0.29) is 12.4 Å². The Kier molecular flexibility index (Phi) is 6.88. The Morgan fingerprint density at radius 2 is 2.07 bits per heavy atom. The monoisotopic (exact) mass is 410 g/mol. The molecule has 0 bridgehead atoms. The lowest BCUT2D eigenvalue weighted by molar-refractivity contribution is 0.306. The summed E-state index contributed by atoms with van der Waals surface area (Å²) in [6.07, 6.45) is 3.15. The third kappa shape index (κ3) is 5.59. The average Bonchev–Trinajstić information content (AvgIpc) is 2.70. The number of halogens is 2. The Morgan fingerprint density at radius 1 is 1.21 bits per heavy atom. The number of nitrogens with zero attached hydrogens (tertiary/aromatic N) is 2. The standard InChI is InChI=1S/C22H20ClFN4O/c1-2-3-4-8-19-21(25)22(27-14-26-19)28-17-9-10-20(18(23)12-17)29-13-15-6-5-7-16(24)11-15/h5-7,9-12,14H,2-3,13,25H2,1H3,(H,26,27,28). The van der Waals surface area contributed by atoms with Crippen molar-refractivity contribution in [1.29, 1.82) is 0 Å². The van der Waals surface area contributed by atoms with Gasteiger partial charge in [-0.15, -0.1) is 0 Å². The van der Waals surface area contributed by atoms with Crippen molar-refractivity contribution < 1.29 is 9.13 Å². The van der Waals surface area contributed by atoms with Crippen LogP contribution in [0.3, 0.4) is 0 Å². The van der Waals surface area contributed by atoms with Crippen molar-refractivity contribution in [3.05, 3.63) is 70.9 Å². The number of benzene rings is 2. The lowest BCUT2D eigenvalue weighted by Crippen LogP contribution is -2.03. The number of aromatic nitrogens is 2. The van der Waals surface area contributed by atoms with Crippen molar-refractivity contribution in [2.75, 3.05) is 11.1 Å². The van der Waals surface area contributed by atoms with Gasteiger partial charge in [-0.1, -0.05) is 36.6 Å². The second kappa shape index (κ2) is 9.76. The summed E-state index contributed by atoms with van der Waals surface area (Å²) >= 11 is 6.32. The van der Waals surface area contributed by atoms with E-state index < -0.39 is 0 Å². The minimum Gasteiger partial charge on any atom is -0.487 e. The number of hydrogen-bond acceptors (Lipinski definition) is 5. The SMILES string of the molecule is CCCC#Cc1ncnc(Nc2ccc(OCc3cccc(F)c3)c(Cl)c2)c1N. The Hall–Kier alpha value is -3.30. The van der Waals surface area contributed by atoms with Gasteiger partial charge in [-0.05, 0) is 48.2 Å². The minimum atomic E-state index is -0.307. The molecule has 0 unspecified atom stereocenters. The maximum absolute atomic E-state index is 13.3. The van der Waals surface area contributed by atoms with Gasteiger partial charge in [0.15, 0.2) is 5.82 Å². The molecule has 5 nitrogen and oxygen atoms in total. The van der Waals surface area contributed by atoms with Gasteiger partial charge in [-0.3, -0.25) is 0 Å². The third-order valence-corrected chi connectivity index (χ3v) is 4.24. The molecule has 1 aromatic heterocycles. The highest BCUT2D eigenvalue weighted by Gasteiger charge is 2.09. The predicted octanol–water partition coefficient (Wildman–Crippen LogP) is 5.33. The van der Waals surface area contributed by atoms with E-state index in [9.17, 15) is 4.39 Å². The number of nitrogens with one attached hydrogen (secondary N) is 1. The number of nitrogen functional groups attached to an aromatic ring is 1. The highest BCUT2D eigenvalue weighted by atomic mass is 35.5. The predicted molar refractivity (Wildman–Crippen MR) is 114 cm³/mol. The molecule has 3 rings (SSSR count). The molecule has 29 heavy (non-hydrogen) atoms. The van der Waals surface area contributed by atoms with Gasteiger partial charge in [0.05, 0.1) is 5.02 Å². The molecule has 1 heterocycles. The summed E-state index contributed by atoms with van der Waals surface area (Å²) in [5, 5.41) is 3.52. The van der Waals surface area contributed by atoms with Crippen LogP contribution in [0.15, 0.2) is 48.8 Å². The van der Waals surface area contributed by atoms with Gasteiger partial charge < -0.3 is 15.8 Å². The molecule has 0 aliphatic heterocycles. The molecule has 0 aliphatic rings. The van der Waals surface area contributed by atoms with E-state index in [1.807, 2.05) is 0 Å². The second-order valence-electron chi connectivity index (χ2n) is 6.23. The van der Waals surface area contributed by atoms with E-state index >= 15 is 0 Å². The number of nitrogens with two attached hydrogens (primary N) is 1. The fourth-order valence-corrected chi connectivity index (χ4v) is 2.72. The molecule has 148 valence electrons. The number of unbranched alkanes of at least 4 members (excludes halogenated alkanes) is 1. The molecule has 0 radical (unpaired) electrons. The van der Waals surface area contributed by atoms with Gasteiger partial charge >= 0.3 is 0 Å². The van der Waals surface area contributed by atoms with Crippen LogP contribution in [-0.4, -0.2) is 9.97 Å². The molecule has 2 aromatic carbocycles. The number of rotatable bonds is 6. The zero-order chi connectivity index (χ0) is 20.6. The summed E-state index contributed by atoms with van der Waals surface area (Å²) in [6, 6.07) is 11.4. The Labute approximate surface area is 174 Å². The Morgan fingerprint density at radius 3 is 2.83 bits per heavy atom. The van der Waals surface area contributed by atoms with Crippen LogP contribution in [-0.2, 0) is 6.61 Å². The zero-order valence-corrected chi connectivity index (χ0v) is 16.6. The zero-order valence-electron chi connectivity index (χ0n) is 15.9. The van der Waals surface area contributed by atoms with Crippen LogP contribution < -0.4 is 15.8 Å². The molecule has 0 atom stereocenters. The van der Waals surface area contributed by atoms with E-state index in [1.54, 1.807) is 30.3 Å². The highest BCUT2D eigenvalue weighted by molar-refractivity contribution is 6.32. The van der Waals surface area contributed by atoms with Crippen molar-refractivity contribution in [2.45, 2.75) is 26.4 Å². The molecule has 0 saturated heterocycles. The molecular weight excluding hydrogens is 391 g/mol. The van der Waals surface area contributed by atoms with Crippen LogP contribution in [0.1, 0.15) is 31.0 Å². The van der Waals surface area contributed by atoms with Crippen molar-refractivity contribution in [3.8, 4) is 17.6 Å². The molecule has 3 aromatic rings. The van der Waals surface area contributed by atoms with Gasteiger partial charge in [0.25, 0.3) is 0 Å². The van der Waals surface area contributed by atoms with Crippen LogP contribution in [0.4, 0.5) is 21.6 Å². The molecular formula is C22H20ClFN4O. The van der Waals surface area contributed by atoms with Gasteiger partial charge in [0.2, 0.25) is 0 Å². The number of ether oxygens (including phenoxy) is 1. The van der Waals surface area contributed by atoms with E-state index in [0.29, 0.717) is 39.2 Å². The summed E-state index contributed by atoms with van der Waals surface area (Å²) in [7, 11) is 0. The van der Waals surface area contributed by atoms with Crippen molar-refractivity contribution in [2.24, 2.45) is 0 Å². The second-order valence-corrected chi connectivity index (χ2v) is 6.63. The normalized spacial score (nSPS) is 10.2. The Balaban J connectivity index is 1.71. The van der Waals surface area contributed by atoms with Crippen LogP contribution in [0.5, 0.6) is 5.75 Å². The third-order valence-electron chi connectivity index (χ3n) is 3.94. The van der Waals surface area contributed by atoms with Crippen LogP contribution in [0, 0.1) is 17.7 Å². The summed E-state index contributed by atoms with van der Waals surface area (Å²) in [5.74, 6) is 6.61. The average molecular weight is 411 g/mol. The largest absolute Gasteiger partial charge is 0.487 e. The maximum Gasteiger partial charge on any atom is 0.158 e. The van der Waals surface area contributed by atoms with Gasteiger partial charge in [0, 0.05) is 12.1 Å². The summed E-state index contributed by atoms with van der Waals surface area (Å²) in [6.45, 7) is 2.27. The van der Waals surface area contributed by atoms with E-state index in [2.05, 4.69) is 34.0 Å². The first-order chi connectivity index (χ1) is 14.1. The maximum atomic E-state index is 13.3. The quantitative estimate of drug-likeness (QED) is 0.537.